The van der Waals surface area contributed by atoms with E-state index < -0.39 is 11.7 Å². The number of hydrogen-bond acceptors (Lipinski definition) is 2. The first-order valence-electron chi connectivity index (χ1n) is 8.80. The van der Waals surface area contributed by atoms with Gasteiger partial charge in [-0.25, -0.2) is 0 Å². The van der Waals surface area contributed by atoms with E-state index in [1.165, 1.54) is 11.6 Å². The minimum absolute atomic E-state index is 0.296. The molecule has 2 aromatic rings. The van der Waals surface area contributed by atoms with Crippen LogP contribution in [-0.4, -0.2) is 19.6 Å². The van der Waals surface area contributed by atoms with Gasteiger partial charge in [0, 0.05) is 37.6 Å². The molecule has 1 fully saturated rings. The lowest BCUT2D eigenvalue weighted by Crippen LogP contribution is -2.32. The Hall–Kier alpha value is -2.17. The van der Waals surface area contributed by atoms with Gasteiger partial charge in [0.1, 0.15) is 0 Å². The maximum Gasteiger partial charge on any atom is 0.418 e. The summed E-state index contributed by atoms with van der Waals surface area (Å²) >= 11 is 0. The number of hydrogen-bond donors (Lipinski definition) is 0. The van der Waals surface area contributed by atoms with Crippen LogP contribution in [0.1, 0.15) is 29.5 Å². The van der Waals surface area contributed by atoms with Gasteiger partial charge in [-0.2, -0.15) is 13.2 Å². The van der Waals surface area contributed by atoms with Gasteiger partial charge in [0.05, 0.1) is 5.56 Å². The summed E-state index contributed by atoms with van der Waals surface area (Å²) in [6.07, 6.45) is -1.47. The zero-order valence-corrected chi connectivity index (χ0v) is 14.0. The van der Waals surface area contributed by atoms with Crippen molar-refractivity contribution in [1.82, 2.24) is 0 Å². The molecule has 2 nitrogen and oxygen atoms in total. The van der Waals surface area contributed by atoms with Crippen molar-refractivity contribution in [3.05, 3.63) is 59.2 Å². The topological polar surface area (TPSA) is 6.48 Å². The molecule has 132 valence electrons. The molecule has 0 N–H and O–H groups in total. The van der Waals surface area contributed by atoms with Gasteiger partial charge in [0.25, 0.3) is 0 Å². The summed E-state index contributed by atoms with van der Waals surface area (Å²) in [4.78, 5) is 3.91. The second-order valence-corrected chi connectivity index (χ2v) is 6.83. The van der Waals surface area contributed by atoms with Crippen LogP contribution in [0.3, 0.4) is 0 Å². The first kappa shape index (κ1) is 16.3. The average Bonchev–Trinajstić information content (AvgIpc) is 3.15. The third-order valence-electron chi connectivity index (χ3n) is 5.23. The highest BCUT2D eigenvalue weighted by Crippen LogP contribution is 2.40. The molecule has 0 bridgehead atoms. The van der Waals surface area contributed by atoms with E-state index in [1.807, 2.05) is 34.1 Å². The van der Waals surface area contributed by atoms with Crippen LogP contribution in [0.15, 0.2) is 42.5 Å². The van der Waals surface area contributed by atoms with Crippen LogP contribution in [-0.2, 0) is 19.1 Å². The van der Waals surface area contributed by atoms with Crippen molar-refractivity contribution in [2.75, 3.05) is 29.4 Å². The van der Waals surface area contributed by atoms with Crippen LogP contribution in [0.5, 0.6) is 0 Å². The molecule has 0 aromatic heterocycles. The molecule has 0 amide bonds. The molecule has 0 radical (unpaired) electrons. The molecule has 0 atom stereocenters. The van der Waals surface area contributed by atoms with E-state index >= 15 is 0 Å². The van der Waals surface area contributed by atoms with Crippen LogP contribution in [0.4, 0.5) is 24.5 Å². The summed E-state index contributed by atoms with van der Waals surface area (Å²) in [6, 6.07) is 12.8. The Morgan fingerprint density at radius 3 is 2.24 bits per heavy atom. The maximum atomic E-state index is 13.7. The Bertz CT molecular complexity index is 764. The summed E-state index contributed by atoms with van der Waals surface area (Å²) < 4.78 is 41.2. The average molecular weight is 346 g/mol. The lowest BCUT2D eigenvalue weighted by atomic mass is 9.98. The highest BCUT2D eigenvalue weighted by atomic mass is 19.4. The fraction of sp³-hybridized carbons (Fsp3) is 0.400. The monoisotopic (exact) mass is 346 g/mol. The second kappa shape index (κ2) is 6.28. The SMILES string of the molecule is FC(F)(F)c1cc(N2CCCC2)ccc1N1CCc2ccccc2C1. The van der Waals surface area contributed by atoms with E-state index in [0.29, 0.717) is 24.5 Å². The van der Waals surface area contributed by atoms with Crippen LogP contribution in [0.2, 0.25) is 0 Å². The standard InChI is InChI=1S/C20H21F3N2/c21-20(22,23)18-13-17(24-10-3-4-11-24)7-8-19(18)25-12-9-15-5-1-2-6-16(15)14-25/h1-2,5-8,13H,3-4,9-12,14H2. The van der Waals surface area contributed by atoms with Gasteiger partial charge in [-0.15, -0.1) is 0 Å². The first-order valence-corrected chi connectivity index (χ1v) is 8.80. The third kappa shape index (κ3) is 3.20. The lowest BCUT2D eigenvalue weighted by Gasteiger charge is -2.33. The molecule has 0 spiro atoms. The molecule has 0 saturated carbocycles. The van der Waals surface area contributed by atoms with Crippen molar-refractivity contribution < 1.29 is 13.2 Å². The minimum Gasteiger partial charge on any atom is -0.372 e. The Morgan fingerprint density at radius 2 is 1.52 bits per heavy atom. The van der Waals surface area contributed by atoms with Crippen molar-refractivity contribution in [2.45, 2.75) is 32.0 Å². The molecular formula is C20H21F3N2. The number of benzene rings is 2. The molecule has 2 aliphatic heterocycles. The summed E-state index contributed by atoms with van der Waals surface area (Å²) in [7, 11) is 0. The fourth-order valence-electron chi connectivity index (χ4n) is 3.90. The van der Waals surface area contributed by atoms with E-state index in [1.54, 1.807) is 6.07 Å². The van der Waals surface area contributed by atoms with Crippen molar-refractivity contribution in [3.63, 3.8) is 0 Å². The number of rotatable bonds is 2. The van der Waals surface area contributed by atoms with Gasteiger partial charge in [-0.3, -0.25) is 0 Å². The lowest BCUT2D eigenvalue weighted by molar-refractivity contribution is -0.137. The van der Waals surface area contributed by atoms with Gasteiger partial charge < -0.3 is 9.80 Å². The first-order chi connectivity index (χ1) is 12.0. The van der Waals surface area contributed by atoms with Crippen molar-refractivity contribution in [2.24, 2.45) is 0 Å². The van der Waals surface area contributed by atoms with Crippen molar-refractivity contribution in [1.29, 1.82) is 0 Å². The molecule has 1 saturated heterocycles. The molecule has 0 unspecified atom stereocenters. The van der Waals surface area contributed by atoms with E-state index in [9.17, 15) is 13.2 Å². The second-order valence-electron chi connectivity index (χ2n) is 6.83. The van der Waals surface area contributed by atoms with Gasteiger partial charge in [-0.1, -0.05) is 24.3 Å². The van der Waals surface area contributed by atoms with Gasteiger partial charge in [0.2, 0.25) is 0 Å². The number of halogens is 3. The molecule has 2 aliphatic rings. The minimum atomic E-state index is -4.35. The normalized spacial score (nSPS) is 17.7. The summed E-state index contributed by atoms with van der Waals surface area (Å²) in [6.45, 7) is 2.83. The van der Waals surface area contributed by atoms with Crippen LogP contribution in [0, 0.1) is 0 Å². The predicted octanol–water partition coefficient (Wildman–Crippen LogP) is 4.87. The molecular weight excluding hydrogens is 325 g/mol. The zero-order valence-electron chi connectivity index (χ0n) is 14.0. The van der Waals surface area contributed by atoms with Crippen molar-refractivity contribution >= 4 is 11.4 Å². The smallest absolute Gasteiger partial charge is 0.372 e. The fourth-order valence-corrected chi connectivity index (χ4v) is 3.90. The Balaban J connectivity index is 1.69. The molecule has 0 aliphatic carbocycles. The Labute approximate surface area is 145 Å². The van der Waals surface area contributed by atoms with E-state index in [-0.39, 0.29) is 0 Å². The molecule has 25 heavy (non-hydrogen) atoms. The van der Waals surface area contributed by atoms with E-state index in [2.05, 4.69) is 6.07 Å². The quantitative estimate of drug-likeness (QED) is 0.766. The summed E-state index contributed by atoms with van der Waals surface area (Å²) in [5.74, 6) is 0. The highest BCUT2D eigenvalue weighted by molar-refractivity contribution is 5.64. The number of nitrogens with zero attached hydrogens (tertiary/aromatic N) is 2. The van der Waals surface area contributed by atoms with E-state index in [4.69, 9.17) is 0 Å². The van der Waals surface area contributed by atoms with Gasteiger partial charge in [0.15, 0.2) is 0 Å². The van der Waals surface area contributed by atoms with Gasteiger partial charge >= 0.3 is 6.18 Å². The molecule has 4 rings (SSSR count). The van der Waals surface area contributed by atoms with Crippen LogP contribution >= 0.6 is 0 Å². The third-order valence-corrected chi connectivity index (χ3v) is 5.23. The maximum absolute atomic E-state index is 13.7. The highest BCUT2D eigenvalue weighted by Gasteiger charge is 2.36. The Morgan fingerprint density at radius 1 is 0.800 bits per heavy atom. The largest absolute Gasteiger partial charge is 0.418 e. The number of alkyl halides is 3. The van der Waals surface area contributed by atoms with Crippen LogP contribution in [0.25, 0.3) is 0 Å². The van der Waals surface area contributed by atoms with Gasteiger partial charge in [-0.05, 0) is 48.6 Å². The number of anilines is 2. The predicted molar refractivity (Wildman–Crippen MR) is 94.1 cm³/mol. The molecule has 2 heterocycles. The van der Waals surface area contributed by atoms with Crippen molar-refractivity contribution in [3.8, 4) is 0 Å². The molecule has 5 heteroatoms. The van der Waals surface area contributed by atoms with E-state index in [0.717, 1.165) is 37.9 Å². The summed E-state index contributed by atoms with van der Waals surface area (Å²) in [5, 5.41) is 0. The summed E-state index contributed by atoms with van der Waals surface area (Å²) in [5.41, 5.74) is 2.82. The Kier molecular flexibility index (Phi) is 4.10. The molecule has 2 aromatic carbocycles. The van der Waals surface area contributed by atoms with Crippen LogP contribution < -0.4 is 9.80 Å². The number of fused-ring (bicyclic) bond motifs is 1. The zero-order chi connectivity index (χ0) is 17.4.